The fourth-order valence-corrected chi connectivity index (χ4v) is 2.68. The van der Waals surface area contributed by atoms with Crippen molar-refractivity contribution in [3.63, 3.8) is 0 Å². The Morgan fingerprint density at radius 2 is 1.81 bits per heavy atom. The van der Waals surface area contributed by atoms with E-state index in [0.29, 0.717) is 0 Å². The van der Waals surface area contributed by atoms with E-state index in [1.54, 1.807) is 17.5 Å². The van der Waals surface area contributed by atoms with Gasteiger partial charge in [0.2, 0.25) is 0 Å². The van der Waals surface area contributed by atoms with Crippen molar-refractivity contribution >= 4 is 21.6 Å². The number of para-hydroxylation sites is 1. The van der Waals surface area contributed by atoms with Crippen molar-refractivity contribution < 1.29 is 0 Å². The van der Waals surface area contributed by atoms with Gasteiger partial charge in [-0.3, -0.25) is 5.10 Å². The largest absolute Gasteiger partial charge is 0.265 e. The molecule has 0 fully saturated rings. The van der Waals surface area contributed by atoms with Crippen LogP contribution in [-0.4, -0.2) is 20.4 Å². The first kappa shape index (κ1) is 13.5. The molecule has 5 heteroatoms. The molecule has 4 rings (SSSR count). The second kappa shape index (κ2) is 6.28. The van der Waals surface area contributed by atoms with Crippen molar-refractivity contribution in [2.24, 2.45) is 0 Å². The normalized spacial score (nSPS) is 10.1. The van der Waals surface area contributed by atoms with Crippen LogP contribution in [0.25, 0.3) is 21.5 Å². The minimum Gasteiger partial charge on any atom is -0.265 e. The number of hydrogen-bond donors (Lipinski definition) is 1. The van der Waals surface area contributed by atoms with Gasteiger partial charge in [-0.15, -0.1) is 16.4 Å². The van der Waals surface area contributed by atoms with E-state index in [4.69, 9.17) is 0 Å². The minimum atomic E-state index is 0.896. The van der Waals surface area contributed by atoms with Gasteiger partial charge >= 0.3 is 0 Å². The fourth-order valence-electron chi connectivity index (χ4n) is 2.00. The summed E-state index contributed by atoms with van der Waals surface area (Å²) in [5.74, 6) is 0. The summed E-state index contributed by atoms with van der Waals surface area (Å²) in [5.41, 5.74) is 6.21. The van der Waals surface area contributed by atoms with E-state index in [1.807, 2.05) is 41.9 Å². The topological polar surface area (TPSA) is 54.5 Å². The Balaban J connectivity index is 0.000000131. The van der Waals surface area contributed by atoms with Crippen molar-refractivity contribution in [2.75, 3.05) is 0 Å². The highest BCUT2D eigenvalue weighted by molar-refractivity contribution is 7.16. The number of H-pyrrole nitrogens is 1. The van der Waals surface area contributed by atoms with Crippen molar-refractivity contribution in [3.05, 3.63) is 65.8 Å². The third-order valence-corrected chi connectivity index (χ3v) is 3.88. The van der Waals surface area contributed by atoms with Gasteiger partial charge in [-0.05, 0) is 24.6 Å². The number of rotatable bonds is 1. The van der Waals surface area contributed by atoms with Crippen LogP contribution in [0.15, 0.2) is 60.2 Å². The maximum atomic E-state index is 4.14. The van der Waals surface area contributed by atoms with Gasteiger partial charge in [-0.1, -0.05) is 41.6 Å². The molecule has 2 aromatic heterocycles. The summed E-state index contributed by atoms with van der Waals surface area (Å²) in [5, 5.41) is 10.3. The van der Waals surface area contributed by atoms with Crippen LogP contribution < -0.4 is 0 Å². The first-order valence-corrected chi connectivity index (χ1v) is 7.43. The third kappa shape index (κ3) is 3.14. The number of nitrogens with one attached hydrogen (secondary N) is 1. The van der Waals surface area contributed by atoms with Crippen LogP contribution >= 0.6 is 11.3 Å². The molecule has 0 bridgehead atoms. The Hall–Kier alpha value is -2.53. The number of aromatic nitrogens is 4. The van der Waals surface area contributed by atoms with Gasteiger partial charge in [-0.25, -0.2) is 4.98 Å². The molecule has 0 aliphatic heterocycles. The zero-order valence-electron chi connectivity index (χ0n) is 11.5. The molecule has 4 aromatic rings. The smallest absolute Gasteiger partial charge is 0.113 e. The lowest BCUT2D eigenvalue weighted by Crippen LogP contribution is -1.81. The second-order valence-corrected chi connectivity index (χ2v) is 5.38. The highest BCUT2D eigenvalue weighted by Crippen LogP contribution is 2.18. The number of nitrogens with zero attached hydrogens (tertiary/aromatic N) is 3. The summed E-state index contributed by atoms with van der Waals surface area (Å²) in [6.45, 7) is 2.06. The Kier molecular flexibility index (Phi) is 4.02. The van der Waals surface area contributed by atoms with Crippen LogP contribution in [0, 0.1) is 6.92 Å². The van der Waals surface area contributed by atoms with Gasteiger partial charge in [0.25, 0.3) is 0 Å². The van der Waals surface area contributed by atoms with E-state index in [0.717, 1.165) is 16.8 Å². The lowest BCUT2D eigenvalue weighted by atomic mass is 10.1. The summed E-state index contributed by atoms with van der Waals surface area (Å²) in [4.78, 5) is 4.14. The summed E-state index contributed by atoms with van der Waals surface area (Å²) >= 11 is 1.68. The average Bonchev–Trinajstić information content (AvgIpc) is 3.20. The predicted molar refractivity (Wildman–Crippen MR) is 86.2 cm³/mol. The molecular formula is C16H14N4S. The van der Waals surface area contributed by atoms with Gasteiger partial charge in [0.1, 0.15) is 5.69 Å². The van der Waals surface area contributed by atoms with Gasteiger partial charge in [-0.2, -0.15) is 0 Å². The molecule has 2 aromatic carbocycles. The lowest BCUT2D eigenvalue weighted by molar-refractivity contribution is 0.942. The average molecular weight is 294 g/mol. The second-order valence-electron chi connectivity index (χ2n) is 4.49. The molecule has 0 atom stereocenters. The molecule has 1 N–H and O–H groups in total. The Labute approximate surface area is 126 Å². The van der Waals surface area contributed by atoms with E-state index in [9.17, 15) is 0 Å². The SMILES string of the molecule is Cc1ccccc1-c1c[nH]nn1.c1ccc2scnc2c1. The van der Waals surface area contributed by atoms with E-state index in [1.165, 1.54) is 10.3 Å². The van der Waals surface area contributed by atoms with Crippen molar-refractivity contribution in [2.45, 2.75) is 6.92 Å². The van der Waals surface area contributed by atoms with E-state index in [-0.39, 0.29) is 0 Å². The van der Waals surface area contributed by atoms with Gasteiger partial charge < -0.3 is 0 Å². The first-order valence-electron chi connectivity index (χ1n) is 6.55. The Morgan fingerprint density at radius 3 is 2.57 bits per heavy atom. The van der Waals surface area contributed by atoms with Crippen LogP contribution in [0.5, 0.6) is 0 Å². The maximum Gasteiger partial charge on any atom is 0.113 e. The zero-order chi connectivity index (χ0) is 14.5. The van der Waals surface area contributed by atoms with Crippen LogP contribution in [-0.2, 0) is 0 Å². The minimum absolute atomic E-state index is 0.896. The summed E-state index contributed by atoms with van der Waals surface area (Å²) in [6, 6.07) is 16.2. The molecule has 4 nitrogen and oxygen atoms in total. The predicted octanol–water partition coefficient (Wildman–Crippen LogP) is 4.08. The molecule has 0 radical (unpaired) electrons. The molecule has 0 amide bonds. The first-order chi connectivity index (χ1) is 10.3. The van der Waals surface area contributed by atoms with Gasteiger partial charge in [0.15, 0.2) is 0 Å². The van der Waals surface area contributed by atoms with Crippen LogP contribution in [0.1, 0.15) is 5.56 Å². The molecule has 2 heterocycles. The van der Waals surface area contributed by atoms with Gasteiger partial charge in [0, 0.05) is 11.8 Å². The highest BCUT2D eigenvalue weighted by Gasteiger charge is 2.01. The number of aryl methyl sites for hydroxylation is 1. The molecule has 0 spiro atoms. The van der Waals surface area contributed by atoms with Crippen LogP contribution in [0.4, 0.5) is 0 Å². The number of fused-ring (bicyclic) bond motifs is 1. The quantitative estimate of drug-likeness (QED) is 0.575. The zero-order valence-corrected chi connectivity index (χ0v) is 12.3. The van der Waals surface area contributed by atoms with Crippen LogP contribution in [0.3, 0.4) is 0 Å². The molecule has 0 saturated carbocycles. The van der Waals surface area contributed by atoms with Crippen molar-refractivity contribution in [3.8, 4) is 11.3 Å². The van der Waals surface area contributed by atoms with Gasteiger partial charge in [0.05, 0.1) is 15.7 Å². The number of aromatic amines is 1. The molecule has 104 valence electrons. The molecule has 0 aliphatic rings. The summed E-state index contributed by atoms with van der Waals surface area (Å²) in [7, 11) is 0. The fraction of sp³-hybridized carbons (Fsp3) is 0.0625. The third-order valence-electron chi connectivity index (χ3n) is 3.07. The summed E-state index contributed by atoms with van der Waals surface area (Å²) < 4.78 is 1.26. The molecule has 21 heavy (non-hydrogen) atoms. The number of benzene rings is 2. The lowest BCUT2D eigenvalue weighted by Gasteiger charge is -1.98. The van der Waals surface area contributed by atoms with Crippen LogP contribution in [0.2, 0.25) is 0 Å². The highest BCUT2D eigenvalue weighted by atomic mass is 32.1. The Morgan fingerprint density at radius 1 is 1.00 bits per heavy atom. The monoisotopic (exact) mass is 294 g/mol. The van der Waals surface area contributed by atoms with Crippen molar-refractivity contribution in [1.82, 2.24) is 20.4 Å². The molecule has 0 aliphatic carbocycles. The van der Waals surface area contributed by atoms with Crippen molar-refractivity contribution in [1.29, 1.82) is 0 Å². The number of hydrogen-bond acceptors (Lipinski definition) is 4. The van der Waals surface area contributed by atoms with E-state index in [2.05, 4.69) is 39.5 Å². The number of thiazole rings is 1. The standard InChI is InChI=1S/C9H9N3.C7H5NS/c1-7-4-2-3-5-8(7)9-6-10-12-11-9;1-2-4-7-6(3-1)8-5-9-7/h2-6H,1H3,(H,10,11,12);1-5H. The van der Waals surface area contributed by atoms with E-state index < -0.39 is 0 Å². The Bertz CT molecular complexity index is 791. The van der Waals surface area contributed by atoms with E-state index >= 15 is 0 Å². The molecule has 0 saturated heterocycles. The maximum absolute atomic E-state index is 4.14. The summed E-state index contributed by atoms with van der Waals surface area (Å²) in [6.07, 6.45) is 1.79. The molecular weight excluding hydrogens is 280 g/mol. The molecule has 0 unspecified atom stereocenters.